The molecule has 0 spiro atoms. The Morgan fingerprint density at radius 2 is 2.06 bits per heavy atom. The second kappa shape index (κ2) is 4.92. The number of esters is 2. The van der Waals surface area contributed by atoms with Crippen LogP contribution in [0.25, 0.3) is 0 Å². The molecule has 0 bridgehead atoms. The number of carbonyl (C=O) groups excluding carboxylic acids is 3. The molecule has 1 unspecified atom stereocenters. The molecular formula is C11H14O5. The average Bonchev–Trinajstić information content (AvgIpc) is 2.67. The van der Waals surface area contributed by atoms with E-state index in [9.17, 15) is 14.4 Å². The van der Waals surface area contributed by atoms with Crippen molar-refractivity contribution >= 4 is 17.7 Å². The van der Waals surface area contributed by atoms with Crippen molar-refractivity contribution in [3.8, 4) is 0 Å². The molecule has 0 aliphatic heterocycles. The molecular weight excluding hydrogens is 212 g/mol. The first kappa shape index (κ1) is 12.4. The molecule has 1 rings (SSSR count). The van der Waals surface area contributed by atoms with Gasteiger partial charge in [-0.1, -0.05) is 6.08 Å². The number of carbonyl (C=O) groups is 3. The maximum absolute atomic E-state index is 11.7. The zero-order valence-corrected chi connectivity index (χ0v) is 9.32. The Morgan fingerprint density at radius 3 is 2.50 bits per heavy atom. The minimum Gasteiger partial charge on any atom is -0.469 e. The van der Waals surface area contributed by atoms with Crippen molar-refractivity contribution in [2.75, 3.05) is 14.2 Å². The Morgan fingerprint density at radius 1 is 1.38 bits per heavy atom. The molecule has 16 heavy (non-hydrogen) atoms. The largest absolute Gasteiger partial charge is 0.469 e. The van der Waals surface area contributed by atoms with Gasteiger partial charge in [-0.15, -0.1) is 0 Å². The van der Waals surface area contributed by atoms with E-state index in [2.05, 4.69) is 9.47 Å². The standard InChI is InChI=1S/C11H14O5/c1-15-9(13)5-7-11(10(14)16-2)6-3-4-8(11)12/h3-4H,5-7H2,1-2H3. The molecule has 0 fully saturated rings. The Hall–Kier alpha value is -1.65. The van der Waals surface area contributed by atoms with Crippen LogP contribution in [0.15, 0.2) is 12.2 Å². The van der Waals surface area contributed by atoms with Crippen molar-refractivity contribution in [2.24, 2.45) is 5.41 Å². The van der Waals surface area contributed by atoms with Crippen molar-refractivity contribution in [1.82, 2.24) is 0 Å². The molecule has 0 heterocycles. The maximum Gasteiger partial charge on any atom is 0.320 e. The number of allylic oxidation sites excluding steroid dienone is 2. The van der Waals surface area contributed by atoms with E-state index in [0.29, 0.717) is 0 Å². The first-order valence-electron chi connectivity index (χ1n) is 4.93. The molecule has 0 radical (unpaired) electrons. The quantitative estimate of drug-likeness (QED) is 0.519. The van der Waals surface area contributed by atoms with Crippen LogP contribution >= 0.6 is 0 Å². The fraction of sp³-hybridized carbons (Fsp3) is 0.545. The smallest absolute Gasteiger partial charge is 0.320 e. The number of methoxy groups -OCH3 is 2. The van der Waals surface area contributed by atoms with Crippen molar-refractivity contribution < 1.29 is 23.9 Å². The number of rotatable bonds is 4. The molecule has 5 heteroatoms. The highest BCUT2D eigenvalue weighted by molar-refractivity contribution is 6.11. The van der Waals surface area contributed by atoms with Crippen LogP contribution in [0.3, 0.4) is 0 Å². The second-order valence-electron chi connectivity index (χ2n) is 3.62. The van der Waals surface area contributed by atoms with Crippen LogP contribution in [0.1, 0.15) is 19.3 Å². The summed E-state index contributed by atoms with van der Waals surface area (Å²) in [6.45, 7) is 0. The van der Waals surface area contributed by atoms with E-state index in [1.165, 1.54) is 20.3 Å². The van der Waals surface area contributed by atoms with E-state index < -0.39 is 17.4 Å². The molecule has 0 saturated heterocycles. The predicted octanol–water partition coefficient (Wildman–Crippen LogP) is 0.628. The van der Waals surface area contributed by atoms with E-state index >= 15 is 0 Å². The first-order valence-corrected chi connectivity index (χ1v) is 4.93. The number of ether oxygens (including phenoxy) is 2. The van der Waals surface area contributed by atoms with Crippen LogP contribution < -0.4 is 0 Å². The SMILES string of the molecule is COC(=O)CCC1(C(=O)OC)CC=CC1=O. The van der Waals surface area contributed by atoms with Crippen LogP contribution in [0.5, 0.6) is 0 Å². The molecule has 1 aliphatic carbocycles. The molecule has 0 aromatic heterocycles. The fourth-order valence-corrected chi connectivity index (χ4v) is 1.75. The highest BCUT2D eigenvalue weighted by atomic mass is 16.5. The molecule has 0 N–H and O–H groups in total. The molecule has 0 aromatic rings. The van der Waals surface area contributed by atoms with E-state index in [1.54, 1.807) is 6.08 Å². The van der Waals surface area contributed by atoms with E-state index in [-0.39, 0.29) is 25.0 Å². The average molecular weight is 226 g/mol. The van der Waals surface area contributed by atoms with Crippen molar-refractivity contribution in [2.45, 2.75) is 19.3 Å². The summed E-state index contributed by atoms with van der Waals surface area (Å²) in [5.74, 6) is -1.34. The zero-order chi connectivity index (χ0) is 12.2. The lowest BCUT2D eigenvalue weighted by molar-refractivity contribution is -0.157. The summed E-state index contributed by atoms with van der Waals surface area (Å²) < 4.78 is 9.10. The predicted molar refractivity (Wildman–Crippen MR) is 54.5 cm³/mol. The summed E-state index contributed by atoms with van der Waals surface area (Å²) in [5.41, 5.74) is -1.22. The Balaban J connectivity index is 2.77. The zero-order valence-electron chi connectivity index (χ0n) is 9.32. The van der Waals surface area contributed by atoms with Gasteiger partial charge in [-0.3, -0.25) is 14.4 Å². The van der Waals surface area contributed by atoms with Gasteiger partial charge in [-0.25, -0.2) is 0 Å². The Bertz CT molecular complexity index is 344. The summed E-state index contributed by atoms with van der Waals surface area (Å²) in [7, 11) is 2.50. The fourth-order valence-electron chi connectivity index (χ4n) is 1.75. The molecule has 88 valence electrons. The lowest BCUT2D eigenvalue weighted by Gasteiger charge is -2.23. The Kier molecular flexibility index (Phi) is 3.82. The third kappa shape index (κ3) is 2.13. The van der Waals surface area contributed by atoms with E-state index in [1.807, 2.05) is 0 Å². The molecule has 0 amide bonds. The third-order valence-electron chi connectivity index (χ3n) is 2.77. The van der Waals surface area contributed by atoms with Gasteiger partial charge >= 0.3 is 11.9 Å². The summed E-state index contributed by atoms with van der Waals surface area (Å²) in [5, 5.41) is 0. The summed E-state index contributed by atoms with van der Waals surface area (Å²) >= 11 is 0. The molecule has 5 nitrogen and oxygen atoms in total. The van der Waals surface area contributed by atoms with Crippen LogP contribution in [-0.2, 0) is 23.9 Å². The van der Waals surface area contributed by atoms with Gasteiger partial charge in [-0.2, -0.15) is 0 Å². The normalized spacial score (nSPS) is 23.2. The summed E-state index contributed by atoms with van der Waals surface area (Å²) in [4.78, 5) is 34.3. The Labute approximate surface area is 93.4 Å². The number of hydrogen-bond acceptors (Lipinski definition) is 5. The number of ketones is 1. The minimum atomic E-state index is -1.22. The molecule has 1 aliphatic rings. The van der Waals surface area contributed by atoms with Gasteiger partial charge in [0.1, 0.15) is 5.41 Å². The van der Waals surface area contributed by atoms with Crippen LogP contribution in [0, 0.1) is 5.41 Å². The van der Waals surface area contributed by atoms with Gasteiger partial charge in [0, 0.05) is 6.42 Å². The summed E-state index contributed by atoms with van der Waals surface area (Å²) in [6, 6.07) is 0. The number of hydrogen-bond donors (Lipinski definition) is 0. The van der Waals surface area contributed by atoms with Gasteiger partial charge in [0.25, 0.3) is 0 Å². The summed E-state index contributed by atoms with van der Waals surface area (Å²) in [6.07, 6.45) is 3.41. The van der Waals surface area contributed by atoms with Crippen LogP contribution in [-0.4, -0.2) is 31.9 Å². The van der Waals surface area contributed by atoms with Crippen molar-refractivity contribution in [3.05, 3.63) is 12.2 Å². The minimum absolute atomic E-state index is 0.0268. The molecule has 0 saturated carbocycles. The maximum atomic E-state index is 11.7. The van der Waals surface area contributed by atoms with Gasteiger partial charge in [-0.05, 0) is 18.9 Å². The molecule has 1 atom stereocenters. The van der Waals surface area contributed by atoms with E-state index in [4.69, 9.17) is 0 Å². The van der Waals surface area contributed by atoms with Crippen molar-refractivity contribution in [1.29, 1.82) is 0 Å². The van der Waals surface area contributed by atoms with Gasteiger partial charge in [0.2, 0.25) is 0 Å². The van der Waals surface area contributed by atoms with Gasteiger partial charge in [0.05, 0.1) is 14.2 Å². The van der Waals surface area contributed by atoms with E-state index in [0.717, 1.165) is 0 Å². The van der Waals surface area contributed by atoms with Gasteiger partial charge < -0.3 is 9.47 Å². The second-order valence-corrected chi connectivity index (χ2v) is 3.62. The first-order chi connectivity index (χ1) is 7.56. The van der Waals surface area contributed by atoms with Crippen LogP contribution in [0.2, 0.25) is 0 Å². The highest BCUT2D eigenvalue weighted by Crippen LogP contribution is 2.36. The lowest BCUT2D eigenvalue weighted by atomic mass is 9.80. The third-order valence-corrected chi connectivity index (χ3v) is 2.77. The van der Waals surface area contributed by atoms with Gasteiger partial charge in [0.15, 0.2) is 5.78 Å². The lowest BCUT2D eigenvalue weighted by Crippen LogP contribution is -2.37. The van der Waals surface area contributed by atoms with Crippen LogP contribution in [0.4, 0.5) is 0 Å². The monoisotopic (exact) mass is 226 g/mol. The topological polar surface area (TPSA) is 69.7 Å². The highest BCUT2D eigenvalue weighted by Gasteiger charge is 2.47. The van der Waals surface area contributed by atoms with Crippen molar-refractivity contribution in [3.63, 3.8) is 0 Å². The molecule has 0 aromatic carbocycles.